The topological polar surface area (TPSA) is 90.7 Å². The van der Waals surface area contributed by atoms with Crippen molar-refractivity contribution < 1.29 is 19.2 Å². The lowest BCUT2D eigenvalue weighted by Gasteiger charge is -2.12. The Hall–Kier alpha value is -3.09. The number of nitro benzene ring substituents is 1. The third kappa shape index (κ3) is 3.76. The number of hydrogen-bond acceptors (Lipinski definition) is 5. The van der Waals surface area contributed by atoms with Gasteiger partial charge in [0.15, 0.2) is 0 Å². The van der Waals surface area contributed by atoms with Gasteiger partial charge in [-0.3, -0.25) is 14.9 Å². The van der Waals surface area contributed by atoms with Gasteiger partial charge in [0.2, 0.25) is 0 Å². The molecule has 2 aromatic carbocycles. The SMILES string of the molecule is CCOc1ccccc1C(=O)Nc1cc([N+](=O)[O-])ccc1OC. The van der Waals surface area contributed by atoms with Gasteiger partial charge in [0, 0.05) is 12.1 Å². The quantitative estimate of drug-likeness (QED) is 0.652. The van der Waals surface area contributed by atoms with Crippen molar-refractivity contribution in [2.24, 2.45) is 0 Å². The normalized spacial score (nSPS) is 10.0. The Morgan fingerprint density at radius 3 is 2.61 bits per heavy atom. The Morgan fingerprint density at radius 2 is 1.96 bits per heavy atom. The first-order chi connectivity index (χ1) is 11.1. The first-order valence-electron chi connectivity index (χ1n) is 6.92. The van der Waals surface area contributed by atoms with Crippen LogP contribution in [0.15, 0.2) is 42.5 Å². The Kier molecular flexibility index (Phi) is 5.14. The molecule has 0 radical (unpaired) electrons. The van der Waals surface area contributed by atoms with Gasteiger partial charge in [0.25, 0.3) is 11.6 Å². The van der Waals surface area contributed by atoms with Gasteiger partial charge in [-0.05, 0) is 25.1 Å². The van der Waals surface area contributed by atoms with E-state index in [0.29, 0.717) is 23.7 Å². The minimum atomic E-state index is -0.538. The molecule has 1 amide bonds. The second-order valence-corrected chi connectivity index (χ2v) is 4.52. The van der Waals surface area contributed by atoms with Gasteiger partial charge in [-0.25, -0.2) is 0 Å². The molecule has 7 heteroatoms. The van der Waals surface area contributed by atoms with Crippen molar-refractivity contribution in [2.75, 3.05) is 19.0 Å². The van der Waals surface area contributed by atoms with E-state index in [1.165, 1.54) is 25.3 Å². The van der Waals surface area contributed by atoms with Crippen LogP contribution in [0.3, 0.4) is 0 Å². The number of anilines is 1. The molecule has 0 heterocycles. The third-order valence-electron chi connectivity index (χ3n) is 3.07. The average Bonchev–Trinajstić information content (AvgIpc) is 2.55. The summed E-state index contributed by atoms with van der Waals surface area (Å²) in [6.45, 7) is 2.24. The van der Waals surface area contributed by atoms with E-state index in [1.807, 2.05) is 6.92 Å². The number of methoxy groups -OCH3 is 1. The van der Waals surface area contributed by atoms with Crippen molar-refractivity contribution >= 4 is 17.3 Å². The molecule has 0 unspecified atom stereocenters. The van der Waals surface area contributed by atoms with E-state index in [-0.39, 0.29) is 11.4 Å². The maximum Gasteiger partial charge on any atom is 0.271 e. The zero-order chi connectivity index (χ0) is 16.8. The van der Waals surface area contributed by atoms with Crippen molar-refractivity contribution in [3.05, 3.63) is 58.1 Å². The summed E-state index contributed by atoms with van der Waals surface area (Å²) in [5.41, 5.74) is 0.417. The van der Waals surface area contributed by atoms with E-state index >= 15 is 0 Å². The molecule has 7 nitrogen and oxygen atoms in total. The van der Waals surface area contributed by atoms with Gasteiger partial charge >= 0.3 is 0 Å². The fourth-order valence-electron chi connectivity index (χ4n) is 2.03. The molecular weight excluding hydrogens is 300 g/mol. The van der Waals surface area contributed by atoms with Gasteiger partial charge in [0.1, 0.15) is 11.5 Å². The summed E-state index contributed by atoms with van der Waals surface area (Å²) >= 11 is 0. The van der Waals surface area contributed by atoms with Crippen molar-refractivity contribution in [3.8, 4) is 11.5 Å². The number of nitrogens with zero attached hydrogens (tertiary/aromatic N) is 1. The Labute approximate surface area is 133 Å². The smallest absolute Gasteiger partial charge is 0.271 e. The third-order valence-corrected chi connectivity index (χ3v) is 3.07. The number of hydrogen-bond donors (Lipinski definition) is 1. The molecule has 0 spiro atoms. The highest BCUT2D eigenvalue weighted by atomic mass is 16.6. The first kappa shape index (κ1) is 16.3. The maximum atomic E-state index is 12.4. The highest BCUT2D eigenvalue weighted by molar-refractivity contribution is 6.07. The molecule has 2 aromatic rings. The number of rotatable bonds is 6. The largest absolute Gasteiger partial charge is 0.495 e. The molecule has 0 aromatic heterocycles. The van der Waals surface area contributed by atoms with Crippen LogP contribution in [0.25, 0.3) is 0 Å². The molecule has 0 fully saturated rings. The lowest BCUT2D eigenvalue weighted by molar-refractivity contribution is -0.384. The molecule has 0 aliphatic rings. The van der Waals surface area contributed by atoms with E-state index in [0.717, 1.165) is 0 Å². The van der Waals surface area contributed by atoms with Gasteiger partial charge < -0.3 is 14.8 Å². The summed E-state index contributed by atoms with van der Waals surface area (Å²) in [5.74, 6) is 0.336. The molecule has 0 aliphatic carbocycles. The van der Waals surface area contributed by atoms with Crippen LogP contribution in [-0.2, 0) is 0 Å². The highest BCUT2D eigenvalue weighted by Crippen LogP contribution is 2.30. The molecule has 0 atom stereocenters. The van der Waals surface area contributed by atoms with Gasteiger partial charge in [0.05, 0.1) is 29.9 Å². The zero-order valence-corrected chi connectivity index (χ0v) is 12.7. The molecular formula is C16H16N2O5. The summed E-state index contributed by atoms with van der Waals surface area (Å²) in [6.07, 6.45) is 0. The molecule has 120 valence electrons. The van der Waals surface area contributed by atoms with Crippen LogP contribution in [0.5, 0.6) is 11.5 Å². The Balaban J connectivity index is 2.33. The zero-order valence-electron chi connectivity index (χ0n) is 12.7. The summed E-state index contributed by atoms with van der Waals surface area (Å²) in [7, 11) is 1.42. The van der Waals surface area contributed by atoms with E-state index in [9.17, 15) is 14.9 Å². The number of benzene rings is 2. The number of non-ortho nitro benzene ring substituents is 1. The first-order valence-corrected chi connectivity index (χ1v) is 6.92. The average molecular weight is 316 g/mol. The van der Waals surface area contributed by atoms with Crippen molar-refractivity contribution in [1.82, 2.24) is 0 Å². The standard InChI is InChI=1S/C16H16N2O5/c1-3-23-14-7-5-4-6-12(14)16(19)17-13-10-11(18(20)21)8-9-15(13)22-2/h4-10H,3H2,1-2H3,(H,17,19). The minimum absolute atomic E-state index is 0.140. The molecule has 0 saturated carbocycles. The lowest BCUT2D eigenvalue weighted by atomic mass is 10.1. The number of amides is 1. The second-order valence-electron chi connectivity index (χ2n) is 4.52. The van der Waals surface area contributed by atoms with E-state index in [1.54, 1.807) is 24.3 Å². The number of para-hydroxylation sites is 1. The van der Waals surface area contributed by atoms with Gasteiger partial charge in [-0.15, -0.1) is 0 Å². The van der Waals surface area contributed by atoms with Gasteiger partial charge in [-0.2, -0.15) is 0 Å². The summed E-state index contributed by atoms with van der Waals surface area (Å²) < 4.78 is 10.5. The minimum Gasteiger partial charge on any atom is -0.495 e. The van der Waals surface area contributed by atoms with Crippen LogP contribution in [0.1, 0.15) is 17.3 Å². The predicted octanol–water partition coefficient (Wildman–Crippen LogP) is 3.25. The maximum absolute atomic E-state index is 12.4. The lowest BCUT2D eigenvalue weighted by Crippen LogP contribution is -2.14. The fourth-order valence-corrected chi connectivity index (χ4v) is 2.03. The number of carbonyl (C=O) groups excluding carboxylic acids is 1. The number of ether oxygens (including phenoxy) is 2. The number of nitro groups is 1. The number of nitrogens with one attached hydrogen (secondary N) is 1. The van der Waals surface area contributed by atoms with Crippen LogP contribution < -0.4 is 14.8 Å². The molecule has 1 N–H and O–H groups in total. The van der Waals surface area contributed by atoms with Crippen molar-refractivity contribution in [3.63, 3.8) is 0 Å². The molecule has 0 saturated heterocycles. The van der Waals surface area contributed by atoms with Gasteiger partial charge in [-0.1, -0.05) is 12.1 Å². The van der Waals surface area contributed by atoms with Crippen molar-refractivity contribution in [1.29, 1.82) is 0 Å². The van der Waals surface area contributed by atoms with Crippen LogP contribution in [0.2, 0.25) is 0 Å². The van der Waals surface area contributed by atoms with Crippen molar-refractivity contribution in [2.45, 2.75) is 6.92 Å². The monoisotopic (exact) mass is 316 g/mol. The summed E-state index contributed by atoms with van der Waals surface area (Å²) in [4.78, 5) is 22.8. The molecule has 0 bridgehead atoms. The van der Waals surface area contributed by atoms with Crippen LogP contribution in [0, 0.1) is 10.1 Å². The predicted molar refractivity (Wildman–Crippen MR) is 85.2 cm³/mol. The van der Waals surface area contributed by atoms with E-state index in [4.69, 9.17) is 9.47 Å². The second kappa shape index (κ2) is 7.26. The molecule has 23 heavy (non-hydrogen) atoms. The molecule has 0 aliphatic heterocycles. The Bertz CT molecular complexity index is 730. The van der Waals surface area contributed by atoms with E-state index in [2.05, 4.69) is 5.32 Å². The highest BCUT2D eigenvalue weighted by Gasteiger charge is 2.17. The van der Waals surface area contributed by atoms with Crippen LogP contribution >= 0.6 is 0 Å². The van der Waals surface area contributed by atoms with Crippen LogP contribution in [0.4, 0.5) is 11.4 Å². The summed E-state index contributed by atoms with van der Waals surface area (Å²) in [6, 6.07) is 10.8. The van der Waals surface area contributed by atoms with Crippen LogP contribution in [-0.4, -0.2) is 24.5 Å². The number of carbonyl (C=O) groups is 1. The Morgan fingerprint density at radius 1 is 1.22 bits per heavy atom. The summed E-state index contributed by atoms with van der Waals surface area (Å²) in [5, 5.41) is 13.5. The fraction of sp³-hybridized carbons (Fsp3) is 0.188. The van der Waals surface area contributed by atoms with E-state index < -0.39 is 10.8 Å². The molecule has 2 rings (SSSR count).